The zero-order valence-electron chi connectivity index (χ0n) is 12.8. The Kier molecular flexibility index (Phi) is 7.52. The molecular weight excluding hydrogens is 256 g/mol. The van der Waals surface area contributed by atoms with Crippen LogP contribution in [0.4, 0.5) is 0 Å². The van der Waals surface area contributed by atoms with Crippen LogP contribution >= 0.6 is 11.6 Å². The van der Waals surface area contributed by atoms with E-state index in [1.165, 1.54) is 57.8 Å². The Morgan fingerprint density at radius 1 is 1.05 bits per heavy atom. The van der Waals surface area contributed by atoms with Gasteiger partial charge in [-0.05, 0) is 12.8 Å². The third-order valence-corrected chi connectivity index (χ3v) is 4.40. The smallest absolute Gasteiger partial charge is 0.150 e. The molecule has 0 bridgehead atoms. The van der Waals surface area contributed by atoms with Gasteiger partial charge in [0.2, 0.25) is 0 Å². The van der Waals surface area contributed by atoms with Crippen molar-refractivity contribution in [2.24, 2.45) is 0 Å². The van der Waals surface area contributed by atoms with Crippen molar-refractivity contribution in [3.05, 3.63) is 17.2 Å². The van der Waals surface area contributed by atoms with Crippen molar-refractivity contribution in [1.82, 2.24) is 9.97 Å². The van der Waals surface area contributed by atoms with Crippen LogP contribution in [-0.2, 0) is 5.41 Å². The Labute approximate surface area is 123 Å². The summed E-state index contributed by atoms with van der Waals surface area (Å²) in [5, 5.41) is 0.662. The van der Waals surface area contributed by atoms with Crippen LogP contribution in [0.25, 0.3) is 0 Å². The Bertz CT molecular complexity index is 348. The van der Waals surface area contributed by atoms with Gasteiger partial charge in [0.15, 0.2) is 5.15 Å². The highest BCUT2D eigenvalue weighted by molar-refractivity contribution is 6.30. The topological polar surface area (TPSA) is 28.7 Å². The molecule has 110 valence electrons. The van der Waals surface area contributed by atoms with Gasteiger partial charge in [-0.2, -0.15) is 0 Å². The van der Waals surface area contributed by atoms with Gasteiger partial charge in [0.1, 0.15) is 0 Å². The van der Waals surface area contributed by atoms with E-state index in [1.807, 2.05) is 0 Å². The van der Waals surface area contributed by atoms with Gasteiger partial charge in [-0.1, -0.05) is 77.3 Å². The normalized spacial score (nSPS) is 14.5. The maximum Gasteiger partial charge on any atom is 0.150 e. The predicted octanol–water partition coefficient (Wildman–Crippen LogP) is 5.87. The number of H-pyrrole nitrogens is 1. The molecule has 1 atom stereocenters. The van der Waals surface area contributed by atoms with Crippen LogP contribution in [-0.4, -0.2) is 9.97 Å². The third kappa shape index (κ3) is 5.18. The zero-order valence-corrected chi connectivity index (χ0v) is 13.5. The maximum atomic E-state index is 6.23. The standard InChI is InChI=1S/C16H29ClN2/c1-4-6-8-10-12-16(3,11-9-7-5-2)14-15(17)19-13-18-14/h13H,4-12H2,1-3H3,(H,18,19). The SMILES string of the molecule is CCCCCCC(C)(CCCCC)c1[nH]cnc1Cl. The second kappa shape index (κ2) is 8.63. The molecule has 0 fully saturated rings. The summed E-state index contributed by atoms with van der Waals surface area (Å²) >= 11 is 6.23. The number of hydrogen-bond acceptors (Lipinski definition) is 1. The first-order valence-electron chi connectivity index (χ1n) is 7.83. The Morgan fingerprint density at radius 2 is 1.63 bits per heavy atom. The first kappa shape index (κ1) is 16.6. The van der Waals surface area contributed by atoms with E-state index >= 15 is 0 Å². The largest absolute Gasteiger partial charge is 0.347 e. The van der Waals surface area contributed by atoms with Crippen molar-refractivity contribution >= 4 is 11.6 Å². The van der Waals surface area contributed by atoms with Crippen molar-refractivity contribution in [3.8, 4) is 0 Å². The minimum Gasteiger partial charge on any atom is -0.347 e. The molecule has 0 spiro atoms. The number of halogens is 1. The summed E-state index contributed by atoms with van der Waals surface area (Å²) in [6.45, 7) is 6.85. The van der Waals surface area contributed by atoms with Gasteiger partial charge in [0.25, 0.3) is 0 Å². The van der Waals surface area contributed by atoms with Crippen molar-refractivity contribution in [3.63, 3.8) is 0 Å². The van der Waals surface area contributed by atoms with Crippen LogP contribution in [0.5, 0.6) is 0 Å². The lowest BCUT2D eigenvalue weighted by Crippen LogP contribution is -2.23. The van der Waals surface area contributed by atoms with E-state index in [1.54, 1.807) is 6.33 Å². The molecule has 3 heteroatoms. The number of rotatable bonds is 10. The van der Waals surface area contributed by atoms with Gasteiger partial charge in [-0.15, -0.1) is 0 Å². The molecule has 0 saturated carbocycles. The molecule has 1 rings (SSSR count). The van der Waals surface area contributed by atoms with E-state index in [-0.39, 0.29) is 5.41 Å². The minimum absolute atomic E-state index is 0.163. The van der Waals surface area contributed by atoms with Crippen LogP contribution in [0.15, 0.2) is 6.33 Å². The molecule has 0 aliphatic rings. The fraction of sp³-hybridized carbons (Fsp3) is 0.812. The number of imidazole rings is 1. The quantitative estimate of drug-likeness (QED) is 0.535. The van der Waals surface area contributed by atoms with Crippen LogP contribution in [0.3, 0.4) is 0 Å². The monoisotopic (exact) mass is 284 g/mol. The second-order valence-corrected chi connectivity index (χ2v) is 6.25. The van der Waals surface area contributed by atoms with Crippen molar-refractivity contribution in [2.45, 2.75) is 84.0 Å². The zero-order chi connectivity index (χ0) is 14.1. The number of nitrogens with one attached hydrogen (secondary N) is 1. The molecule has 19 heavy (non-hydrogen) atoms. The first-order valence-corrected chi connectivity index (χ1v) is 8.21. The second-order valence-electron chi connectivity index (χ2n) is 5.90. The molecule has 1 unspecified atom stereocenters. The molecule has 1 heterocycles. The summed E-state index contributed by atoms with van der Waals surface area (Å²) in [6.07, 6.45) is 13.2. The molecule has 1 aromatic rings. The maximum absolute atomic E-state index is 6.23. The fourth-order valence-electron chi connectivity index (χ4n) is 2.78. The lowest BCUT2D eigenvalue weighted by atomic mass is 9.77. The van der Waals surface area contributed by atoms with Crippen molar-refractivity contribution < 1.29 is 0 Å². The molecule has 0 amide bonds. The lowest BCUT2D eigenvalue weighted by molar-refractivity contribution is 0.358. The first-order chi connectivity index (χ1) is 9.14. The summed E-state index contributed by atoms with van der Waals surface area (Å²) in [5.74, 6) is 0. The average Bonchev–Trinajstić information content (AvgIpc) is 2.82. The van der Waals surface area contributed by atoms with Crippen LogP contribution in [0.1, 0.15) is 84.3 Å². The molecular formula is C16H29ClN2. The summed E-state index contributed by atoms with van der Waals surface area (Å²) in [6, 6.07) is 0. The third-order valence-electron chi connectivity index (χ3n) is 4.11. The minimum atomic E-state index is 0.163. The Morgan fingerprint density at radius 3 is 2.16 bits per heavy atom. The summed E-state index contributed by atoms with van der Waals surface area (Å²) in [5.41, 5.74) is 1.30. The Balaban J connectivity index is 2.64. The predicted molar refractivity (Wildman–Crippen MR) is 83.9 cm³/mol. The van der Waals surface area contributed by atoms with Gasteiger partial charge in [0.05, 0.1) is 12.0 Å². The number of aromatic amines is 1. The highest BCUT2D eigenvalue weighted by Gasteiger charge is 2.29. The highest BCUT2D eigenvalue weighted by Crippen LogP contribution is 2.37. The van der Waals surface area contributed by atoms with E-state index in [0.717, 1.165) is 5.69 Å². The molecule has 1 aromatic heterocycles. The van der Waals surface area contributed by atoms with E-state index in [9.17, 15) is 0 Å². The van der Waals surface area contributed by atoms with Gasteiger partial charge in [-0.3, -0.25) is 0 Å². The van der Waals surface area contributed by atoms with Crippen LogP contribution in [0, 0.1) is 0 Å². The van der Waals surface area contributed by atoms with Crippen molar-refractivity contribution in [2.75, 3.05) is 0 Å². The summed E-state index contributed by atoms with van der Waals surface area (Å²) in [4.78, 5) is 7.44. The molecule has 1 N–H and O–H groups in total. The van der Waals surface area contributed by atoms with E-state index in [0.29, 0.717) is 5.15 Å². The highest BCUT2D eigenvalue weighted by atomic mass is 35.5. The molecule has 0 aliphatic heterocycles. The van der Waals surface area contributed by atoms with E-state index in [2.05, 4.69) is 30.7 Å². The van der Waals surface area contributed by atoms with E-state index < -0.39 is 0 Å². The average molecular weight is 285 g/mol. The Hall–Kier alpha value is -0.500. The summed E-state index contributed by atoms with van der Waals surface area (Å²) in [7, 11) is 0. The summed E-state index contributed by atoms with van der Waals surface area (Å²) < 4.78 is 0. The van der Waals surface area contributed by atoms with Crippen LogP contribution < -0.4 is 0 Å². The molecule has 2 nitrogen and oxygen atoms in total. The molecule has 0 saturated heterocycles. The molecule has 0 radical (unpaired) electrons. The molecule has 0 aliphatic carbocycles. The molecule has 0 aromatic carbocycles. The van der Waals surface area contributed by atoms with E-state index in [4.69, 9.17) is 11.6 Å². The number of hydrogen-bond donors (Lipinski definition) is 1. The van der Waals surface area contributed by atoms with Gasteiger partial charge < -0.3 is 4.98 Å². The van der Waals surface area contributed by atoms with Gasteiger partial charge >= 0.3 is 0 Å². The van der Waals surface area contributed by atoms with Crippen molar-refractivity contribution in [1.29, 1.82) is 0 Å². The number of nitrogens with zero attached hydrogens (tertiary/aromatic N) is 1. The fourth-order valence-corrected chi connectivity index (χ4v) is 3.11. The van der Waals surface area contributed by atoms with Gasteiger partial charge in [0, 0.05) is 5.41 Å². The number of aromatic nitrogens is 2. The number of unbranched alkanes of at least 4 members (excludes halogenated alkanes) is 5. The lowest BCUT2D eigenvalue weighted by Gasteiger charge is -2.29. The van der Waals surface area contributed by atoms with Gasteiger partial charge in [-0.25, -0.2) is 4.98 Å². The van der Waals surface area contributed by atoms with Crippen LogP contribution in [0.2, 0.25) is 5.15 Å².